The van der Waals surface area contributed by atoms with Gasteiger partial charge in [0.25, 0.3) is 0 Å². The minimum atomic E-state index is -0.237. The minimum absolute atomic E-state index is 0.237. The number of hydrazone groups is 1. The molecule has 0 bridgehead atoms. The Morgan fingerprint density at radius 2 is 1.83 bits per heavy atom. The summed E-state index contributed by atoms with van der Waals surface area (Å²) in [7, 11) is 0. The van der Waals surface area contributed by atoms with Gasteiger partial charge in [0.05, 0.1) is 6.21 Å². The van der Waals surface area contributed by atoms with Crippen LogP contribution in [0.4, 0.5) is 4.39 Å². The highest BCUT2D eigenvalue weighted by molar-refractivity contribution is 6.31. The second-order valence-corrected chi connectivity index (χ2v) is 6.03. The fraction of sp³-hybridized carbons (Fsp3) is 0.278. The van der Waals surface area contributed by atoms with Crippen LogP contribution in [0.15, 0.2) is 53.6 Å². The molecule has 0 atom stereocenters. The number of benzene rings is 2. The van der Waals surface area contributed by atoms with Crippen molar-refractivity contribution in [3.8, 4) is 0 Å². The number of rotatable bonds is 4. The van der Waals surface area contributed by atoms with Gasteiger partial charge >= 0.3 is 0 Å². The molecule has 0 unspecified atom stereocenters. The Bertz CT molecular complexity index is 681. The molecule has 1 aliphatic rings. The van der Waals surface area contributed by atoms with Gasteiger partial charge in [0.15, 0.2) is 0 Å². The van der Waals surface area contributed by atoms with Crippen molar-refractivity contribution in [2.24, 2.45) is 5.10 Å². The van der Waals surface area contributed by atoms with E-state index in [2.05, 4.69) is 16.1 Å². The molecule has 0 spiro atoms. The number of halogens is 2. The second kappa shape index (κ2) is 7.57. The van der Waals surface area contributed by atoms with Gasteiger partial charge in [0, 0.05) is 37.7 Å². The molecule has 0 radical (unpaired) electrons. The summed E-state index contributed by atoms with van der Waals surface area (Å²) in [5.74, 6) is -0.237. The van der Waals surface area contributed by atoms with Crippen molar-refractivity contribution in [2.45, 2.75) is 6.54 Å². The molecule has 0 N–H and O–H groups in total. The molecular weight excluding hydrogens is 313 g/mol. The van der Waals surface area contributed by atoms with E-state index in [-0.39, 0.29) is 5.82 Å². The Kier molecular flexibility index (Phi) is 5.26. The van der Waals surface area contributed by atoms with E-state index >= 15 is 0 Å². The third kappa shape index (κ3) is 4.53. The van der Waals surface area contributed by atoms with Gasteiger partial charge in [0.2, 0.25) is 0 Å². The lowest BCUT2D eigenvalue weighted by atomic mass is 10.2. The van der Waals surface area contributed by atoms with E-state index in [9.17, 15) is 4.39 Å². The van der Waals surface area contributed by atoms with E-state index in [0.29, 0.717) is 0 Å². The van der Waals surface area contributed by atoms with E-state index in [4.69, 9.17) is 11.6 Å². The maximum absolute atomic E-state index is 13.1. The lowest BCUT2D eigenvalue weighted by molar-refractivity contribution is 0.131. The smallest absolute Gasteiger partial charge is 0.123 e. The SMILES string of the molecule is Fc1cccc(/C=N/N2CCN(Cc3ccccc3Cl)CC2)c1. The van der Waals surface area contributed by atoms with Crippen LogP contribution in [-0.2, 0) is 6.54 Å². The van der Waals surface area contributed by atoms with Crippen LogP contribution in [0.3, 0.4) is 0 Å². The molecular formula is C18H19ClFN3. The number of hydrogen-bond donors (Lipinski definition) is 0. The third-order valence-corrected chi connectivity index (χ3v) is 4.29. The molecule has 1 heterocycles. The van der Waals surface area contributed by atoms with Crippen LogP contribution in [0.1, 0.15) is 11.1 Å². The van der Waals surface area contributed by atoms with Crippen LogP contribution >= 0.6 is 11.6 Å². The molecule has 0 amide bonds. The van der Waals surface area contributed by atoms with E-state index in [1.807, 2.05) is 29.3 Å². The summed E-state index contributed by atoms with van der Waals surface area (Å²) >= 11 is 6.21. The summed E-state index contributed by atoms with van der Waals surface area (Å²) in [6.45, 7) is 4.45. The van der Waals surface area contributed by atoms with Crippen molar-refractivity contribution >= 4 is 17.8 Å². The van der Waals surface area contributed by atoms with Crippen molar-refractivity contribution in [1.29, 1.82) is 0 Å². The zero-order valence-corrected chi connectivity index (χ0v) is 13.6. The molecule has 5 heteroatoms. The van der Waals surface area contributed by atoms with Gasteiger partial charge in [-0.1, -0.05) is 41.9 Å². The Hall–Kier alpha value is -1.91. The number of nitrogens with zero attached hydrogens (tertiary/aromatic N) is 3. The summed E-state index contributed by atoms with van der Waals surface area (Å²) < 4.78 is 13.1. The Morgan fingerprint density at radius 1 is 1.04 bits per heavy atom. The highest BCUT2D eigenvalue weighted by Crippen LogP contribution is 2.17. The normalized spacial score (nSPS) is 16.2. The van der Waals surface area contributed by atoms with Gasteiger partial charge in [-0.25, -0.2) is 4.39 Å². The second-order valence-electron chi connectivity index (χ2n) is 5.62. The molecule has 23 heavy (non-hydrogen) atoms. The Balaban J connectivity index is 1.51. The lowest BCUT2D eigenvalue weighted by Crippen LogP contribution is -2.43. The molecule has 0 saturated carbocycles. The quantitative estimate of drug-likeness (QED) is 0.797. The molecule has 3 nitrogen and oxygen atoms in total. The van der Waals surface area contributed by atoms with Gasteiger partial charge in [-0.05, 0) is 29.3 Å². The predicted molar refractivity (Wildman–Crippen MR) is 92.3 cm³/mol. The van der Waals surface area contributed by atoms with Crippen LogP contribution in [-0.4, -0.2) is 42.3 Å². The van der Waals surface area contributed by atoms with E-state index < -0.39 is 0 Å². The molecule has 1 fully saturated rings. The fourth-order valence-electron chi connectivity index (χ4n) is 2.61. The Morgan fingerprint density at radius 3 is 2.57 bits per heavy atom. The van der Waals surface area contributed by atoms with Crippen LogP contribution in [0, 0.1) is 5.82 Å². The molecule has 0 aliphatic carbocycles. The van der Waals surface area contributed by atoms with E-state index in [1.165, 1.54) is 12.1 Å². The standard InChI is InChI=1S/C18H19ClFN3/c19-18-7-2-1-5-16(18)14-22-8-10-23(11-9-22)21-13-15-4-3-6-17(20)12-15/h1-7,12-13H,8-11,14H2/b21-13+. The predicted octanol–water partition coefficient (Wildman–Crippen LogP) is 3.63. The molecule has 0 aromatic heterocycles. The highest BCUT2D eigenvalue weighted by atomic mass is 35.5. The average molecular weight is 332 g/mol. The van der Waals surface area contributed by atoms with Crippen molar-refractivity contribution in [3.05, 3.63) is 70.5 Å². The summed E-state index contributed by atoms with van der Waals surface area (Å²) in [4.78, 5) is 2.37. The van der Waals surface area contributed by atoms with E-state index in [0.717, 1.165) is 48.9 Å². The summed E-state index contributed by atoms with van der Waals surface area (Å²) in [6, 6.07) is 14.4. The van der Waals surface area contributed by atoms with Crippen LogP contribution in [0.5, 0.6) is 0 Å². The number of piperazine rings is 1. The summed E-state index contributed by atoms with van der Waals surface area (Å²) in [6.07, 6.45) is 1.72. The maximum atomic E-state index is 13.1. The van der Waals surface area contributed by atoms with Crippen molar-refractivity contribution in [3.63, 3.8) is 0 Å². The maximum Gasteiger partial charge on any atom is 0.123 e. The first-order valence-corrected chi connectivity index (χ1v) is 8.09. The first-order valence-electron chi connectivity index (χ1n) is 7.71. The lowest BCUT2D eigenvalue weighted by Gasteiger charge is -2.33. The first kappa shape index (κ1) is 16.0. The minimum Gasteiger partial charge on any atom is -0.295 e. The van der Waals surface area contributed by atoms with Crippen LogP contribution < -0.4 is 0 Å². The summed E-state index contributed by atoms with van der Waals surface area (Å²) in [5, 5.41) is 7.28. The van der Waals surface area contributed by atoms with Gasteiger partial charge < -0.3 is 0 Å². The van der Waals surface area contributed by atoms with Gasteiger partial charge in [-0.15, -0.1) is 0 Å². The molecule has 2 aromatic rings. The zero-order valence-electron chi connectivity index (χ0n) is 12.8. The van der Waals surface area contributed by atoms with Crippen molar-refractivity contribution < 1.29 is 4.39 Å². The zero-order chi connectivity index (χ0) is 16.1. The first-order chi connectivity index (χ1) is 11.2. The molecule has 3 rings (SSSR count). The molecule has 120 valence electrons. The summed E-state index contributed by atoms with van der Waals surface area (Å²) in [5.41, 5.74) is 1.94. The van der Waals surface area contributed by atoms with Gasteiger partial charge in [0.1, 0.15) is 5.82 Å². The van der Waals surface area contributed by atoms with Crippen molar-refractivity contribution in [2.75, 3.05) is 26.2 Å². The fourth-order valence-corrected chi connectivity index (χ4v) is 2.81. The van der Waals surface area contributed by atoms with Crippen molar-refractivity contribution in [1.82, 2.24) is 9.91 Å². The molecule has 2 aromatic carbocycles. The van der Waals surface area contributed by atoms with E-state index in [1.54, 1.807) is 12.3 Å². The third-order valence-electron chi connectivity index (χ3n) is 3.92. The van der Waals surface area contributed by atoms with Gasteiger partial charge in [-0.3, -0.25) is 9.91 Å². The average Bonchev–Trinajstić information content (AvgIpc) is 2.56. The topological polar surface area (TPSA) is 18.8 Å². The van der Waals surface area contributed by atoms with Crippen LogP contribution in [0.25, 0.3) is 0 Å². The molecule has 1 saturated heterocycles. The highest BCUT2D eigenvalue weighted by Gasteiger charge is 2.16. The Labute approximate surface area is 141 Å². The van der Waals surface area contributed by atoms with Gasteiger partial charge in [-0.2, -0.15) is 5.10 Å². The number of hydrogen-bond acceptors (Lipinski definition) is 3. The monoisotopic (exact) mass is 331 g/mol. The van der Waals surface area contributed by atoms with Crippen LogP contribution in [0.2, 0.25) is 5.02 Å². The largest absolute Gasteiger partial charge is 0.295 e. The molecule has 1 aliphatic heterocycles.